The lowest BCUT2D eigenvalue weighted by atomic mass is 9.96. The van der Waals surface area contributed by atoms with E-state index in [0.29, 0.717) is 0 Å². The molecule has 0 unspecified atom stereocenters. The molecule has 182 valence electrons. The van der Waals surface area contributed by atoms with Crippen molar-refractivity contribution in [3.63, 3.8) is 0 Å². The summed E-state index contributed by atoms with van der Waals surface area (Å²) in [6, 6.07) is 34.0. The number of fused-ring (bicyclic) bond motifs is 5. The van der Waals surface area contributed by atoms with Crippen molar-refractivity contribution in [1.82, 2.24) is 19.7 Å². The van der Waals surface area contributed by atoms with E-state index in [4.69, 9.17) is 5.10 Å². The van der Waals surface area contributed by atoms with Gasteiger partial charge >= 0.3 is 0 Å². The number of para-hydroxylation sites is 1. The van der Waals surface area contributed by atoms with Gasteiger partial charge in [-0.2, -0.15) is 5.10 Å². The number of nitrogens with zero attached hydrogens (tertiary/aromatic N) is 5. The predicted octanol–water partition coefficient (Wildman–Crippen LogP) is 8.06. The Labute approximate surface area is 221 Å². The van der Waals surface area contributed by atoms with Crippen molar-refractivity contribution in [1.29, 1.82) is 0 Å². The second-order valence-electron chi connectivity index (χ2n) is 9.58. The van der Waals surface area contributed by atoms with Crippen LogP contribution in [-0.4, -0.2) is 19.7 Å². The van der Waals surface area contributed by atoms with Gasteiger partial charge in [-0.15, -0.1) is 0 Å². The van der Waals surface area contributed by atoms with E-state index in [1.165, 1.54) is 0 Å². The summed E-state index contributed by atoms with van der Waals surface area (Å²) in [5, 5.41) is 4.77. The van der Waals surface area contributed by atoms with Crippen molar-refractivity contribution in [2.45, 2.75) is 13.8 Å². The minimum Gasteiger partial charge on any atom is -0.309 e. The van der Waals surface area contributed by atoms with Crippen LogP contribution in [0.4, 0.5) is 17.1 Å². The number of pyridine rings is 2. The average Bonchev–Trinajstić information content (AvgIpc) is 3.25. The van der Waals surface area contributed by atoms with Gasteiger partial charge in [0.25, 0.3) is 0 Å². The van der Waals surface area contributed by atoms with Gasteiger partial charge in [0.15, 0.2) is 0 Å². The molecule has 1 aliphatic heterocycles. The van der Waals surface area contributed by atoms with E-state index in [1.54, 1.807) is 0 Å². The molecular formula is C33H25N5. The highest BCUT2D eigenvalue weighted by molar-refractivity contribution is 6.02. The van der Waals surface area contributed by atoms with Gasteiger partial charge in [-0.1, -0.05) is 42.5 Å². The third-order valence-corrected chi connectivity index (χ3v) is 7.09. The standard InChI is InChI=1S/C33H25N5/c1-22-18-23(2)38(36-22)26-13-14-29-27-15-17-34-21-30(27)28-10-3-4-12-32(28)37(33(29)20-26)25-9-7-8-24(19-25)31-11-5-6-16-35-31/h3-21H,1-2H3. The molecule has 0 amide bonds. The summed E-state index contributed by atoms with van der Waals surface area (Å²) in [7, 11) is 0. The van der Waals surface area contributed by atoms with Crippen LogP contribution in [0.3, 0.4) is 0 Å². The Balaban J connectivity index is 1.53. The highest BCUT2D eigenvalue weighted by atomic mass is 15.3. The predicted molar refractivity (Wildman–Crippen MR) is 153 cm³/mol. The third kappa shape index (κ3) is 3.59. The molecule has 5 heteroatoms. The van der Waals surface area contributed by atoms with Crippen LogP contribution < -0.4 is 4.90 Å². The van der Waals surface area contributed by atoms with Crippen LogP contribution in [0.1, 0.15) is 11.4 Å². The van der Waals surface area contributed by atoms with Crippen LogP contribution in [0, 0.1) is 13.8 Å². The quantitative estimate of drug-likeness (QED) is 0.251. The molecule has 3 aromatic heterocycles. The monoisotopic (exact) mass is 491 g/mol. The van der Waals surface area contributed by atoms with Crippen molar-refractivity contribution < 1.29 is 0 Å². The fourth-order valence-corrected chi connectivity index (χ4v) is 5.44. The Morgan fingerprint density at radius 1 is 0.605 bits per heavy atom. The van der Waals surface area contributed by atoms with Gasteiger partial charge in [0, 0.05) is 52.2 Å². The number of rotatable bonds is 3. The second kappa shape index (κ2) is 8.82. The van der Waals surface area contributed by atoms with E-state index >= 15 is 0 Å². The molecule has 0 saturated carbocycles. The summed E-state index contributed by atoms with van der Waals surface area (Å²) in [6.45, 7) is 4.12. The van der Waals surface area contributed by atoms with Gasteiger partial charge in [-0.3, -0.25) is 9.97 Å². The number of hydrogen-bond acceptors (Lipinski definition) is 4. The van der Waals surface area contributed by atoms with Crippen molar-refractivity contribution in [2.24, 2.45) is 0 Å². The molecule has 0 saturated heterocycles. The Bertz CT molecular complexity index is 1800. The SMILES string of the molecule is Cc1cc(C)n(-c2ccc3c(c2)N(c2cccc(-c4ccccn4)c2)c2ccccc2-c2cnccc2-3)n1. The first kappa shape index (κ1) is 22.2. The van der Waals surface area contributed by atoms with E-state index in [9.17, 15) is 0 Å². The van der Waals surface area contributed by atoms with Crippen molar-refractivity contribution in [3.05, 3.63) is 127 Å². The van der Waals surface area contributed by atoms with Crippen LogP contribution >= 0.6 is 0 Å². The summed E-state index contributed by atoms with van der Waals surface area (Å²) in [5.74, 6) is 0. The van der Waals surface area contributed by atoms with Gasteiger partial charge in [-0.25, -0.2) is 4.68 Å². The molecule has 0 atom stereocenters. The zero-order valence-corrected chi connectivity index (χ0v) is 21.2. The minimum atomic E-state index is 0.946. The fraction of sp³-hybridized carbons (Fsp3) is 0.0606. The summed E-state index contributed by atoms with van der Waals surface area (Å²) in [4.78, 5) is 11.5. The molecule has 7 rings (SSSR count). The first-order valence-corrected chi connectivity index (χ1v) is 12.7. The Morgan fingerprint density at radius 3 is 2.32 bits per heavy atom. The summed E-state index contributed by atoms with van der Waals surface area (Å²) in [5.41, 5.74) is 13.0. The maximum absolute atomic E-state index is 4.77. The number of aromatic nitrogens is 4. The van der Waals surface area contributed by atoms with Crippen molar-refractivity contribution >= 4 is 17.1 Å². The molecule has 0 fully saturated rings. The highest BCUT2D eigenvalue weighted by Crippen LogP contribution is 2.51. The molecule has 3 aromatic carbocycles. The Hall–Kier alpha value is -5.03. The van der Waals surface area contributed by atoms with E-state index < -0.39 is 0 Å². The number of benzene rings is 3. The largest absolute Gasteiger partial charge is 0.309 e. The molecule has 0 N–H and O–H groups in total. The normalized spacial score (nSPS) is 11.9. The lowest BCUT2D eigenvalue weighted by Crippen LogP contribution is -2.12. The van der Waals surface area contributed by atoms with Crippen LogP contribution in [-0.2, 0) is 0 Å². The van der Waals surface area contributed by atoms with Gasteiger partial charge in [0.2, 0.25) is 0 Å². The lowest BCUT2D eigenvalue weighted by molar-refractivity contribution is 0.833. The van der Waals surface area contributed by atoms with E-state index in [-0.39, 0.29) is 0 Å². The first-order chi connectivity index (χ1) is 18.7. The summed E-state index contributed by atoms with van der Waals surface area (Å²) in [6.07, 6.45) is 5.68. The van der Waals surface area contributed by atoms with E-state index in [1.807, 2.05) is 48.4 Å². The summed E-state index contributed by atoms with van der Waals surface area (Å²) < 4.78 is 2.02. The number of hydrogen-bond donors (Lipinski definition) is 0. The molecular weight excluding hydrogens is 466 g/mol. The second-order valence-corrected chi connectivity index (χ2v) is 9.58. The number of aryl methyl sites for hydroxylation is 2. The molecule has 38 heavy (non-hydrogen) atoms. The molecule has 0 radical (unpaired) electrons. The van der Waals surface area contributed by atoms with Gasteiger partial charge < -0.3 is 4.90 Å². The molecule has 0 aliphatic carbocycles. The van der Waals surface area contributed by atoms with E-state index in [2.05, 4.69) is 101 Å². The van der Waals surface area contributed by atoms with Gasteiger partial charge in [0.05, 0.1) is 28.5 Å². The topological polar surface area (TPSA) is 46.8 Å². The first-order valence-electron chi connectivity index (χ1n) is 12.7. The van der Waals surface area contributed by atoms with Crippen LogP contribution in [0.2, 0.25) is 0 Å². The Kier molecular flexibility index (Phi) is 5.15. The highest BCUT2D eigenvalue weighted by Gasteiger charge is 2.27. The minimum absolute atomic E-state index is 0.946. The fourth-order valence-electron chi connectivity index (χ4n) is 5.44. The zero-order valence-electron chi connectivity index (χ0n) is 21.2. The third-order valence-electron chi connectivity index (χ3n) is 7.09. The average molecular weight is 492 g/mol. The molecule has 1 aliphatic rings. The molecule has 0 bridgehead atoms. The number of anilines is 3. The van der Waals surface area contributed by atoms with E-state index in [0.717, 1.165) is 67.6 Å². The van der Waals surface area contributed by atoms with Gasteiger partial charge in [-0.05, 0) is 74.0 Å². The van der Waals surface area contributed by atoms with Crippen LogP contribution in [0.15, 0.2) is 116 Å². The molecule has 0 spiro atoms. The maximum Gasteiger partial charge on any atom is 0.0702 e. The maximum atomic E-state index is 4.77. The zero-order chi connectivity index (χ0) is 25.6. The van der Waals surface area contributed by atoms with Gasteiger partial charge in [0.1, 0.15) is 0 Å². The van der Waals surface area contributed by atoms with Crippen LogP contribution in [0.5, 0.6) is 0 Å². The Morgan fingerprint density at radius 2 is 1.47 bits per heavy atom. The van der Waals surface area contributed by atoms with Crippen molar-refractivity contribution in [2.75, 3.05) is 4.90 Å². The van der Waals surface area contributed by atoms with Crippen molar-refractivity contribution in [3.8, 4) is 39.2 Å². The molecule has 6 aromatic rings. The lowest BCUT2D eigenvalue weighted by Gasteiger charge is -2.28. The molecule has 4 heterocycles. The molecule has 5 nitrogen and oxygen atoms in total. The smallest absolute Gasteiger partial charge is 0.0702 e. The van der Waals surface area contributed by atoms with Crippen LogP contribution in [0.25, 0.3) is 39.2 Å². The summed E-state index contributed by atoms with van der Waals surface area (Å²) >= 11 is 0.